The second-order valence-electron chi connectivity index (χ2n) is 8.30. The zero-order chi connectivity index (χ0) is 26.1. The van der Waals surface area contributed by atoms with E-state index >= 15 is 0 Å². The maximum Gasteiger partial charge on any atom is 0.278 e. The first kappa shape index (κ1) is 25.2. The summed E-state index contributed by atoms with van der Waals surface area (Å²) < 4.78 is 0. The Labute approximate surface area is 215 Å². The summed E-state index contributed by atoms with van der Waals surface area (Å²) in [5, 5.41) is 13.2. The third-order valence-corrected chi connectivity index (χ3v) is 5.86. The summed E-state index contributed by atoms with van der Waals surface area (Å²) in [6, 6.07) is 33.0. The molecule has 0 saturated heterocycles. The van der Waals surface area contributed by atoms with E-state index in [4.69, 9.17) is 11.3 Å². The molecule has 6 heteroatoms. The second-order valence-corrected chi connectivity index (χ2v) is 8.30. The summed E-state index contributed by atoms with van der Waals surface area (Å²) >= 11 is 0. The molecule has 0 heterocycles. The average Bonchev–Trinajstić information content (AvgIpc) is 2.94. The molecule has 4 aromatic carbocycles. The zero-order valence-electron chi connectivity index (χ0n) is 20.1. The van der Waals surface area contributed by atoms with Crippen LogP contribution in [0.25, 0.3) is 0 Å². The summed E-state index contributed by atoms with van der Waals surface area (Å²) in [7, 11) is 0. The molecule has 0 radical (unpaired) electrons. The Morgan fingerprint density at radius 3 is 1.78 bits per heavy atom. The molecule has 0 bridgehead atoms. The van der Waals surface area contributed by atoms with Gasteiger partial charge < -0.3 is 10.4 Å². The van der Waals surface area contributed by atoms with Crippen LogP contribution >= 0.6 is 0 Å². The van der Waals surface area contributed by atoms with Crippen molar-refractivity contribution in [2.24, 2.45) is 0 Å². The Morgan fingerprint density at radius 1 is 0.811 bits per heavy atom. The maximum atomic E-state index is 13.2. The SMILES string of the molecule is C#CCCC(=O)Nc1ccc(C(=O)NOC(c2ccccc2)(c2ccccc2)c2ccccc2)c(O)c1. The highest BCUT2D eigenvalue weighted by Crippen LogP contribution is 2.39. The molecule has 0 aliphatic carbocycles. The summed E-state index contributed by atoms with van der Waals surface area (Å²) in [5.41, 5.74) is 4.15. The van der Waals surface area contributed by atoms with Crippen LogP contribution in [-0.4, -0.2) is 16.9 Å². The van der Waals surface area contributed by atoms with E-state index in [0.29, 0.717) is 12.1 Å². The fourth-order valence-electron chi connectivity index (χ4n) is 4.08. The van der Waals surface area contributed by atoms with Crippen LogP contribution in [0.4, 0.5) is 5.69 Å². The molecule has 6 nitrogen and oxygen atoms in total. The lowest BCUT2D eigenvalue weighted by Crippen LogP contribution is -2.40. The number of rotatable bonds is 9. The summed E-state index contributed by atoms with van der Waals surface area (Å²) in [5.74, 6) is 1.17. The quantitative estimate of drug-likeness (QED) is 0.167. The highest BCUT2D eigenvalue weighted by molar-refractivity contribution is 5.98. The van der Waals surface area contributed by atoms with Crippen molar-refractivity contribution in [2.75, 3.05) is 5.32 Å². The highest BCUT2D eigenvalue weighted by atomic mass is 16.7. The molecule has 4 rings (SSSR count). The van der Waals surface area contributed by atoms with Crippen molar-refractivity contribution >= 4 is 17.5 Å². The highest BCUT2D eigenvalue weighted by Gasteiger charge is 2.39. The molecule has 37 heavy (non-hydrogen) atoms. The van der Waals surface area contributed by atoms with Crippen molar-refractivity contribution in [1.82, 2.24) is 5.48 Å². The Balaban J connectivity index is 1.65. The van der Waals surface area contributed by atoms with Gasteiger partial charge in [0.2, 0.25) is 5.91 Å². The molecule has 3 N–H and O–H groups in total. The predicted octanol–water partition coefficient (Wildman–Crippen LogP) is 5.40. The molecule has 0 aliphatic rings. The van der Waals surface area contributed by atoms with Gasteiger partial charge in [0.1, 0.15) is 5.75 Å². The molecular formula is C31H26N2O4. The number of aromatic hydroxyl groups is 1. The number of terminal acetylenes is 1. The van der Waals surface area contributed by atoms with Crippen LogP contribution in [0, 0.1) is 12.3 Å². The summed E-state index contributed by atoms with van der Waals surface area (Å²) in [4.78, 5) is 31.4. The number of amides is 2. The lowest BCUT2D eigenvalue weighted by molar-refractivity contribution is -0.116. The van der Waals surface area contributed by atoms with E-state index in [-0.39, 0.29) is 23.6 Å². The number of phenols is 1. The van der Waals surface area contributed by atoms with Gasteiger partial charge in [0.05, 0.1) is 5.56 Å². The molecule has 184 valence electrons. The third-order valence-electron chi connectivity index (χ3n) is 5.86. The van der Waals surface area contributed by atoms with Crippen molar-refractivity contribution in [2.45, 2.75) is 18.4 Å². The average molecular weight is 491 g/mol. The molecule has 0 aliphatic heterocycles. The number of hydroxylamine groups is 1. The topological polar surface area (TPSA) is 87.7 Å². The van der Waals surface area contributed by atoms with Gasteiger partial charge in [-0.25, -0.2) is 5.48 Å². The van der Waals surface area contributed by atoms with Gasteiger partial charge >= 0.3 is 0 Å². The molecule has 4 aromatic rings. The minimum Gasteiger partial charge on any atom is -0.507 e. The van der Waals surface area contributed by atoms with E-state index < -0.39 is 11.5 Å². The van der Waals surface area contributed by atoms with Gasteiger partial charge in [-0.05, 0) is 28.8 Å². The van der Waals surface area contributed by atoms with Gasteiger partial charge in [0.25, 0.3) is 5.91 Å². The lowest BCUT2D eigenvalue weighted by atomic mass is 9.80. The van der Waals surface area contributed by atoms with Crippen molar-refractivity contribution in [3.05, 3.63) is 131 Å². The van der Waals surface area contributed by atoms with Gasteiger partial charge in [-0.1, -0.05) is 91.0 Å². The van der Waals surface area contributed by atoms with Crippen molar-refractivity contribution in [3.8, 4) is 18.1 Å². The zero-order valence-corrected chi connectivity index (χ0v) is 20.1. The van der Waals surface area contributed by atoms with E-state index in [0.717, 1.165) is 16.7 Å². The summed E-state index contributed by atoms with van der Waals surface area (Å²) in [6.07, 6.45) is 5.66. The van der Waals surface area contributed by atoms with E-state index in [1.807, 2.05) is 91.0 Å². The molecule has 0 atom stereocenters. The number of hydrogen-bond donors (Lipinski definition) is 3. The molecule has 0 saturated carbocycles. The third kappa shape index (κ3) is 5.69. The van der Waals surface area contributed by atoms with Crippen molar-refractivity contribution in [1.29, 1.82) is 0 Å². The largest absolute Gasteiger partial charge is 0.507 e. The number of carbonyl (C=O) groups is 2. The number of hydrogen-bond acceptors (Lipinski definition) is 4. The van der Waals surface area contributed by atoms with E-state index in [2.05, 4.69) is 16.7 Å². The van der Waals surface area contributed by atoms with Crippen molar-refractivity contribution < 1.29 is 19.5 Å². The lowest BCUT2D eigenvalue weighted by Gasteiger charge is -2.35. The second kappa shape index (κ2) is 11.7. The number of anilines is 1. The first-order valence-electron chi connectivity index (χ1n) is 11.8. The summed E-state index contributed by atoms with van der Waals surface area (Å²) in [6.45, 7) is 0. The van der Waals surface area contributed by atoms with E-state index in [9.17, 15) is 14.7 Å². The minimum atomic E-state index is -1.17. The number of benzene rings is 4. The number of nitrogens with one attached hydrogen (secondary N) is 2. The molecule has 0 fully saturated rings. The van der Waals surface area contributed by atoms with Crippen LogP contribution in [0.15, 0.2) is 109 Å². The fourth-order valence-corrected chi connectivity index (χ4v) is 4.08. The first-order chi connectivity index (χ1) is 18.0. The van der Waals surface area contributed by atoms with Crippen LogP contribution in [0.3, 0.4) is 0 Å². The Bertz CT molecular complexity index is 1300. The van der Waals surface area contributed by atoms with Gasteiger partial charge in [-0.15, -0.1) is 12.3 Å². The monoisotopic (exact) mass is 490 g/mol. The molecular weight excluding hydrogens is 464 g/mol. The molecule has 0 aromatic heterocycles. The Morgan fingerprint density at radius 2 is 1.32 bits per heavy atom. The van der Waals surface area contributed by atoms with Crippen molar-refractivity contribution in [3.63, 3.8) is 0 Å². The van der Waals surface area contributed by atoms with Gasteiger partial charge in [-0.3, -0.25) is 14.4 Å². The van der Waals surface area contributed by atoms with Crippen LogP contribution in [-0.2, 0) is 15.2 Å². The fraction of sp³-hybridized carbons (Fsp3) is 0.0968. The minimum absolute atomic E-state index is 0.00953. The predicted molar refractivity (Wildman–Crippen MR) is 143 cm³/mol. The normalized spacial score (nSPS) is 10.8. The standard InChI is InChI=1S/C31H26N2O4/c1-2-3-19-29(35)32-26-20-21-27(28(34)22-26)30(36)33-37-31(23-13-7-4-8-14-23,24-15-9-5-10-16-24)25-17-11-6-12-18-25/h1,4-18,20-22,34H,3,19H2,(H,32,35)(H,33,36). The smallest absolute Gasteiger partial charge is 0.278 e. The van der Waals surface area contributed by atoms with Gasteiger partial charge in [0, 0.05) is 24.6 Å². The van der Waals surface area contributed by atoms with E-state index in [1.54, 1.807) is 0 Å². The molecule has 2 amide bonds. The van der Waals surface area contributed by atoms with Crippen LogP contribution in [0.1, 0.15) is 39.9 Å². The first-order valence-corrected chi connectivity index (χ1v) is 11.8. The van der Waals surface area contributed by atoms with Crippen LogP contribution < -0.4 is 10.8 Å². The Kier molecular flexibility index (Phi) is 7.99. The maximum absolute atomic E-state index is 13.2. The van der Waals surface area contributed by atoms with Gasteiger partial charge in [0.15, 0.2) is 5.60 Å². The van der Waals surface area contributed by atoms with Crippen LogP contribution in [0.2, 0.25) is 0 Å². The number of carbonyl (C=O) groups excluding carboxylic acids is 2. The van der Waals surface area contributed by atoms with E-state index in [1.165, 1.54) is 18.2 Å². The molecule has 0 spiro atoms. The Hall–Kier alpha value is -4.86. The molecule has 0 unspecified atom stereocenters. The van der Waals surface area contributed by atoms with Gasteiger partial charge in [-0.2, -0.15) is 0 Å². The number of phenolic OH excluding ortho intramolecular Hbond substituents is 1. The van der Waals surface area contributed by atoms with Crippen LogP contribution in [0.5, 0.6) is 5.75 Å².